The average molecular weight is 522 g/mol. The van der Waals surface area contributed by atoms with Gasteiger partial charge in [0.1, 0.15) is 6.04 Å². The molecule has 2 aromatic rings. The highest BCUT2D eigenvalue weighted by molar-refractivity contribution is 7.88. The SMILES string of the molecule is CN(CC(=O)N(Cc1ccc(Cl)cc1)[C@H](Cc1ccccc1)C(=O)NC[C@@H]1CCCO1)S(C)(=O)=O. The van der Waals surface area contributed by atoms with Gasteiger partial charge in [0.25, 0.3) is 0 Å². The molecule has 0 saturated carbocycles. The standard InChI is InChI=1S/C25H32ClN3O5S/c1-28(35(2,32)33)18-24(30)29(17-20-10-12-21(26)13-11-20)23(15-19-7-4-3-5-8-19)25(31)27-16-22-9-6-14-34-22/h3-5,7-8,10-13,22-23H,6,9,14-18H2,1-2H3,(H,27,31)/t22-,23+/m0/s1. The molecule has 0 radical (unpaired) electrons. The Morgan fingerprint density at radius 1 is 1.11 bits per heavy atom. The summed E-state index contributed by atoms with van der Waals surface area (Å²) in [7, 11) is -2.24. The summed E-state index contributed by atoms with van der Waals surface area (Å²) in [4.78, 5) is 28.4. The van der Waals surface area contributed by atoms with Gasteiger partial charge >= 0.3 is 0 Å². The molecule has 0 spiro atoms. The van der Waals surface area contributed by atoms with E-state index in [0.717, 1.165) is 34.5 Å². The lowest BCUT2D eigenvalue weighted by atomic mass is 10.0. The predicted molar refractivity (Wildman–Crippen MR) is 135 cm³/mol. The quantitative estimate of drug-likeness (QED) is 0.490. The molecule has 10 heteroatoms. The zero-order valence-corrected chi connectivity index (χ0v) is 21.6. The van der Waals surface area contributed by atoms with Gasteiger partial charge in [-0.15, -0.1) is 0 Å². The first-order valence-corrected chi connectivity index (χ1v) is 13.7. The van der Waals surface area contributed by atoms with Gasteiger partial charge in [0.05, 0.1) is 18.9 Å². The second-order valence-corrected chi connectivity index (χ2v) is 11.3. The number of halogens is 1. The van der Waals surface area contributed by atoms with Crippen molar-refractivity contribution in [2.45, 2.75) is 38.0 Å². The Morgan fingerprint density at radius 2 is 1.80 bits per heavy atom. The van der Waals surface area contributed by atoms with Crippen LogP contribution in [0.15, 0.2) is 54.6 Å². The Kier molecular flexibility index (Phi) is 9.68. The van der Waals surface area contributed by atoms with Crippen molar-refractivity contribution in [3.63, 3.8) is 0 Å². The number of carbonyl (C=O) groups is 2. The molecule has 1 saturated heterocycles. The van der Waals surface area contributed by atoms with Crippen LogP contribution in [0.3, 0.4) is 0 Å². The molecule has 2 atom stereocenters. The number of hydrogen-bond donors (Lipinski definition) is 1. The number of benzene rings is 2. The van der Waals surface area contributed by atoms with Crippen LogP contribution in [0.5, 0.6) is 0 Å². The second-order valence-electron chi connectivity index (χ2n) is 8.75. The first kappa shape index (κ1) is 27.1. The summed E-state index contributed by atoms with van der Waals surface area (Å²) in [5.41, 5.74) is 1.66. The molecule has 2 amide bonds. The van der Waals surface area contributed by atoms with Crippen LogP contribution in [-0.2, 0) is 37.3 Å². The molecule has 190 valence electrons. The highest BCUT2D eigenvalue weighted by atomic mass is 35.5. The van der Waals surface area contributed by atoms with Crippen molar-refractivity contribution >= 4 is 33.4 Å². The summed E-state index contributed by atoms with van der Waals surface area (Å²) < 4.78 is 30.6. The maximum atomic E-state index is 13.5. The van der Waals surface area contributed by atoms with Crippen LogP contribution in [0.1, 0.15) is 24.0 Å². The Balaban J connectivity index is 1.90. The monoisotopic (exact) mass is 521 g/mol. The predicted octanol–water partition coefficient (Wildman–Crippen LogP) is 2.47. The van der Waals surface area contributed by atoms with Crippen LogP contribution in [0.2, 0.25) is 5.02 Å². The summed E-state index contributed by atoms with van der Waals surface area (Å²) in [5.74, 6) is -0.783. The molecule has 8 nitrogen and oxygen atoms in total. The molecule has 0 unspecified atom stereocenters. The smallest absolute Gasteiger partial charge is 0.243 e. The van der Waals surface area contributed by atoms with Gasteiger partial charge in [0.15, 0.2) is 0 Å². The highest BCUT2D eigenvalue weighted by Crippen LogP contribution is 2.18. The number of nitrogens with zero attached hydrogens (tertiary/aromatic N) is 2. The van der Waals surface area contributed by atoms with Crippen LogP contribution in [-0.4, -0.2) is 74.6 Å². The minimum Gasteiger partial charge on any atom is -0.376 e. The molecule has 0 aromatic heterocycles. The third-order valence-electron chi connectivity index (χ3n) is 5.99. The van der Waals surface area contributed by atoms with E-state index in [9.17, 15) is 18.0 Å². The third-order valence-corrected chi connectivity index (χ3v) is 7.50. The van der Waals surface area contributed by atoms with E-state index in [0.29, 0.717) is 18.2 Å². The van der Waals surface area contributed by atoms with E-state index >= 15 is 0 Å². The minimum absolute atomic E-state index is 0.0480. The molecule has 2 aromatic carbocycles. The van der Waals surface area contributed by atoms with Gasteiger partial charge in [-0.3, -0.25) is 9.59 Å². The molecule has 1 heterocycles. The molecule has 1 N–H and O–H groups in total. The van der Waals surface area contributed by atoms with Crippen LogP contribution >= 0.6 is 11.6 Å². The highest BCUT2D eigenvalue weighted by Gasteiger charge is 2.32. The number of sulfonamides is 1. The van der Waals surface area contributed by atoms with Crippen molar-refractivity contribution in [2.24, 2.45) is 0 Å². The van der Waals surface area contributed by atoms with E-state index in [1.54, 1.807) is 24.3 Å². The molecule has 0 bridgehead atoms. The topological polar surface area (TPSA) is 96.0 Å². The lowest BCUT2D eigenvalue weighted by molar-refractivity contribution is -0.141. The average Bonchev–Trinajstić information content (AvgIpc) is 3.34. The molecule has 35 heavy (non-hydrogen) atoms. The number of nitrogens with one attached hydrogen (secondary N) is 1. The van der Waals surface area contributed by atoms with Crippen molar-refractivity contribution in [3.05, 3.63) is 70.7 Å². The zero-order valence-electron chi connectivity index (χ0n) is 20.0. The van der Waals surface area contributed by atoms with E-state index in [4.69, 9.17) is 16.3 Å². The van der Waals surface area contributed by atoms with Crippen LogP contribution < -0.4 is 5.32 Å². The second kappa shape index (κ2) is 12.5. The van der Waals surface area contributed by atoms with Gasteiger partial charge in [-0.25, -0.2) is 8.42 Å². The minimum atomic E-state index is -3.58. The normalized spacial score (nSPS) is 16.7. The summed E-state index contributed by atoms with van der Waals surface area (Å²) in [5, 5.41) is 3.50. The lowest BCUT2D eigenvalue weighted by Gasteiger charge is -2.32. The molecule has 3 rings (SSSR count). The van der Waals surface area contributed by atoms with Gasteiger partial charge in [-0.05, 0) is 36.1 Å². The fourth-order valence-electron chi connectivity index (χ4n) is 3.88. The first-order valence-electron chi connectivity index (χ1n) is 11.5. The van der Waals surface area contributed by atoms with Crippen molar-refractivity contribution < 1.29 is 22.7 Å². The van der Waals surface area contributed by atoms with Crippen molar-refractivity contribution in [3.8, 4) is 0 Å². The molecule has 0 aliphatic carbocycles. The Hall–Kier alpha value is -2.46. The maximum Gasteiger partial charge on any atom is 0.243 e. The number of hydrogen-bond acceptors (Lipinski definition) is 5. The molecule has 1 aliphatic rings. The maximum absolute atomic E-state index is 13.5. The first-order chi connectivity index (χ1) is 16.6. The Labute approximate surface area is 212 Å². The number of carbonyl (C=O) groups excluding carboxylic acids is 2. The molecular weight excluding hydrogens is 490 g/mol. The van der Waals surface area contributed by atoms with Gasteiger partial charge in [-0.2, -0.15) is 4.31 Å². The van der Waals surface area contributed by atoms with E-state index in [1.807, 2.05) is 30.3 Å². The Morgan fingerprint density at radius 3 is 2.40 bits per heavy atom. The van der Waals surface area contributed by atoms with Gasteiger partial charge in [0.2, 0.25) is 21.8 Å². The molecule has 1 fully saturated rings. The fourth-order valence-corrected chi connectivity index (χ4v) is 4.35. The van der Waals surface area contributed by atoms with Gasteiger partial charge in [-0.1, -0.05) is 54.1 Å². The summed E-state index contributed by atoms with van der Waals surface area (Å²) in [6.45, 7) is 0.776. The number of likely N-dealkylation sites (N-methyl/N-ethyl adjacent to an activating group) is 1. The van der Waals surface area contributed by atoms with Crippen molar-refractivity contribution in [2.75, 3.05) is 33.0 Å². The van der Waals surface area contributed by atoms with Crippen LogP contribution in [0, 0.1) is 0 Å². The number of amides is 2. The summed E-state index contributed by atoms with van der Waals surface area (Å²) in [6, 6.07) is 15.6. The van der Waals surface area contributed by atoms with E-state index in [1.165, 1.54) is 11.9 Å². The zero-order chi connectivity index (χ0) is 25.4. The van der Waals surface area contributed by atoms with Crippen molar-refractivity contribution in [1.29, 1.82) is 0 Å². The van der Waals surface area contributed by atoms with E-state index < -0.39 is 22.0 Å². The lowest BCUT2D eigenvalue weighted by Crippen LogP contribution is -2.53. The molecular formula is C25H32ClN3O5S. The van der Waals surface area contributed by atoms with Gasteiger partial charge in [0, 0.05) is 38.2 Å². The largest absolute Gasteiger partial charge is 0.376 e. The summed E-state index contributed by atoms with van der Waals surface area (Å²) >= 11 is 6.02. The van der Waals surface area contributed by atoms with Crippen LogP contribution in [0.25, 0.3) is 0 Å². The van der Waals surface area contributed by atoms with E-state index in [-0.39, 0.29) is 31.5 Å². The fraction of sp³-hybridized carbons (Fsp3) is 0.440. The van der Waals surface area contributed by atoms with E-state index in [2.05, 4.69) is 5.32 Å². The van der Waals surface area contributed by atoms with Crippen LogP contribution in [0.4, 0.5) is 0 Å². The van der Waals surface area contributed by atoms with Crippen molar-refractivity contribution in [1.82, 2.24) is 14.5 Å². The molecule has 1 aliphatic heterocycles. The number of rotatable bonds is 11. The van der Waals surface area contributed by atoms with Gasteiger partial charge < -0.3 is 15.0 Å². The Bertz CT molecular complexity index is 1090. The number of ether oxygens (including phenoxy) is 1. The summed E-state index contributed by atoms with van der Waals surface area (Å²) in [6.07, 6.45) is 3.09. The third kappa shape index (κ3) is 8.31.